The third kappa shape index (κ3) is 22.1. The van der Waals surface area contributed by atoms with Crippen LogP contribution in [0.4, 0.5) is 52.7 Å². The summed E-state index contributed by atoms with van der Waals surface area (Å²) in [6.07, 6.45) is 2.51. The average molecular weight is 1770 g/mol. The smallest absolute Gasteiger partial charge is 0.417 e. The number of ether oxygens (including phenoxy) is 4. The summed E-state index contributed by atoms with van der Waals surface area (Å²) in [7, 11) is 0. The number of alkyl halides is 12. The van der Waals surface area contributed by atoms with Crippen molar-refractivity contribution < 1.29 is 90.8 Å². The number of carbonyl (C=O) groups excluding carboxylic acids is 4. The molecule has 12 aromatic rings. The van der Waals surface area contributed by atoms with Gasteiger partial charge in [-0.25, -0.2) is 34.9 Å². The summed E-state index contributed by atoms with van der Waals surface area (Å²) in [6, 6.07) is 23.0. The first-order valence-electron chi connectivity index (χ1n) is 40.1. The van der Waals surface area contributed by atoms with Crippen LogP contribution in [0.2, 0.25) is 0 Å². The zero-order valence-electron chi connectivity index (χ0n) is 69.0. The van der Waals surface area contributed by atoms with E-state index in [1.54, 1.807) is 94.2 Å². The molecule has 11 aromatic heterocycles. The molecule has 8 atom stereocenters. The van der Waals surface area contributed by atoms with Crippen LogP contribution in [0.5, 0.6) is 23.5 Å². The SMILES string of the molecule is C[C@H]1[C@H](Oc2ccc(C(F)(F)F)cn2)CCCN1C(=O)c1ccccc1-n1nccn1.Cc1ccc(-n2nccn2)c(C(=O)N2CCC[C@@H](Oc3ccc(C(F)(F)F)cn3)[C@@H]2C)n1.Cc1ccc(-n2nccn2)c(C(=O)N2CCC[C@@H](Oc3ccc(C(F)(F)F)cn3)[C@@H]2C)n1.Cc1cnc(C(=O)N2CCC[C@@H](Oc3ccc(C(F)(F)F)cn3)[C@@H]2C)c(-n2nccn2)c1. The van der Waals surface area contributed by atoms with E-state index in [0.29, 0.717) is 117 Å². The minimum atomic E-state index is -4.46. The lowest BCUT2D eigenvalue weighted by Crippen LogP contribution is -2.51. The number of pyridine rings is 7. The lowest BCUT2D eigenvalue weighted by molar-refractivity contribution is -0.138. The zero-order chi connectivity index (χ0) is 90.7. The number of hydrogen-bond acceptors (Lipinski definition) is 23. The Morgan fingerprint density at radius 2 is 0.606 bits per heavy atom. The standard InChI is InChI=1S/3C21H21F3N6O2.C21H20F3N5O2/c2*1-13-5-7-16(30-26-9-10-27-30)19(28-13)20(31)29-11-3-4-17(14(29)2)32-18-8-6-15(12-25-18)21(22,23)24;1-13-10-16(30-27-7-8-28-30)19(26-11-13)20(31)29-9-3-4-17(14(29)2)32-18-6-5-15(12-25-18)21(22,23)24;1-14-18(31-19-9-8-15(13-25-19)21(22,23)24)7-4-12-28(14)20(30)16-5-2-3-6-17(16)29-26-10-11-27-29/h2*5-10,12,14,17H,3-4,11H2,1-2H3;5-8,10-12,14,17H,3-4,9H2,1-2H3;2-3,5-6,8-11,13-14,18H,4,7,12H2,1H3/t3*14-,17+;14-,18+/m0000/s1. The summed E-state index contributed by atoms with van der Waals surface area (Å²) < 4.78 is 176. The van der Waals surface area contributed by atoms with Crippen LogP contribution in [0, 0.1) is 20.8 Å². The Kier molecular flexibility index (Phi) is 27.9. The van der Waals surface area contributed by atoms with Crippen molar-refractivity contribution in [2.24, 2.45) is 0 Å². The molecule has 4 aliphatic rings. The van der Waals surface area contributed by atoms with Crippen molar-refractivity contribution in [1.82, 2.24) is 114 Å². The van der Waals surface area contributed by atoms with E-state index in [4.69, 9.17) is 18.9 Å². The third-order valence-corrected chi connectivity index (χ3v) is 21.4. The number of piperidine rings is 4. The lowest BCUT2D eigenvalue weighted by atomic mass is 9.98. The van der Waals surface area contributed by atoms with Crippen LogP contribution in [-0.2, 0) is 24.7 Å². The second-order valence-electron chi connectivity index (χ2n) is 30.0. The van der Waals surface area contributed by atoms with Gasteiger partial charge in [0.2, 0.25) is 23.5 Å². The summed E-state index contributed by atoms with van der Waals surface area (Å²) in [5.74, 6) is -0.713. The highest BCUT2D eigenvalue weighted by Gasteiger charge is 2.42. The normalized spacial score (nSPS) is 19.1. The largest absolute Gasteiger partial charge is 0.472 e. The maximum absolute atomic E-state index is 13.4. The zero-order valence-corrected chi connectivity index (χ0v) is 69.0. The van der Waals surface area contributed by atoms with E-state index in [0.717, 1.165) is 54.6 Å². The predicted molar refractivity (Wildman–Crippen MR) is 427 cm³/mol. The van der Waals surface area contributed by atoms with E-state index in [1.165, 1.54) is 93.0 Å². The van der Waals surface area contributed by atoms with Crippen LogP contribution in [0.1, 0.15) is 160 Å². The lowest BCUT2D eigenvalue weighted by Gasteiger charge is -2.39. The Balaban J connectivity index is 0.000000145. The number of amides is 4. The van der Waals surface area contributed by atoms with Gasteiger partial charge in [-0.05, 0) is 172 Å². The first-order valence-corrected chi connectivity index (χ1v) is 40.1. The molecule has 4 fully saturated rings. The molecular weight excluding hydrogens is 1690 g/mol. The number of halogens is 12. The fourth-order valence-corrected chi connectivity index (χ4v) is 14.7. The van der Waals surface area contributed by atoms with Crippen LogP contribution in [0.15, 0.2) is 184 Å². The van der Waals surface area contributed by atoms with E-state index >= 15 is 0 Å². The number of aromatic nitrogens is 19. The van der Waals surface area contributed by atoms with Gasteiger partial charge in [-0.3, -0.25) is 19.2 Å². The van der Waals surface area contributed by atoms with Gasteiger partial charge in [0, 0.05) is 92.8 Å². The molecule has 0 aliphatic carbocycles. The molecule has 127 heavy (non-hydrogen) atoms. The van der Waals surface area contributed by atoms with E-state index in [2.05, 4.69) is 75.7 Å². The number of nitrogens with zero attached hydrogens (tertiary/aromatic N) is 23. The maximum atomic E-state index is 13.4. The summed E-state index contributed by atoms with van der Waals surface area (Å²) >= 11 is 0. The summed E-state index contributed by atoms with van der Waals surface area (Å²) in [5, 5.41) is 32.8. The Morgan fingerprint density at radius 3 is 0.906 bits per heavy atom. The third-order valence-electron chi connectivity index (χ3n) is 21.4. The summed E-state index contributed by atoms with van der Waals surface area (Å²) in [4.78, 5) is 94.0. The molecule has 16 rings (SSSR count). The predicted octanol–water partition coefficient (Wildman–Crippen LogP) is 14.1. The maximum Gasteiger partial charge on any atom is 0.417 e. The molecule has 4 aliphatic heterocycles. The number of carbonyl (C=O) groups is 4. The fourth-order valence-electron chi connectivity index (χ4n) is 14.7. The van der Waals surface area contributed by atoms with Gasteiger partial charge in [-0.1, -0.05) is 12.1 Å². The van der Waals surface area contributed by atoms with Crippen molar-refractivity contribution >= 4 is 23.6 Å². The number of rotatable bonds is 16. The van der Waals surface area contributed by atoms with Crippen molar-refractivity contribution in [2.75, 3.05) is 26.2 Å². The monoisotopic (exact) mass is 1770 g/mol. The molecular formula is C84H83F12N23O8. The minimum absolute atomic E-state index is 0.0824. The molecule has 0 radical (unpaired) electrons. The first kappa shape index (κ1) is 90.8. The van der Waals surface area contributed by atoms with Crippen LogP contribution >= 0.6 is 0 Å². The number of para-hydroxylation sites is 1. The van der Waals surface area contributed by atoms with Crippen molar-refractivity contribution in [3.63, 3.8) is 0 Å². The van der Waals surface area contributed by atoms with Gasteiger partial charge in [0.1, 0.15) is 41.5 Å². The molecule has 4 saturated heterocycles. The Hall–Kier alpha value is -13.9. The fraction of sp³-hybridized carbons (Fsp3) is 0.369. The molecule has 1 aromatic carbocycles. The molecule has 31 nitrogen and oxygen atoms in total. The highest BCUT2D eigenvalue weighted by Crippen LogP contribution is 2.37. The topological polar surface area (TPSA) is 331 Å². The van der Waals surface area contributed by atoms with Crippen LogP contribution in [0.3, 0.4) is 0 Å². The van der Waals surface area contributed by atoms with Crippen molar-refractivity contribution in [1.29, 1.82) is 0 Å². The van der Waals surface area contributed by atoms with Crippen molar-refractivity contribution in [3.8, 4) is 46.3 Å². The van der Waals surface area contributed by atoms with Gasteiger partial charge in [0.25, 0.3) is 23.6 Å². The number of hydrogen-bond donors (Lipinski definition) is 0. The van der Waals surface area contributed by atoms with E-state index < -0.39 is 71.4 Å². The van der Waals surface area contributed by atoms with Crippen molar-refractivity contribution in [3.05, 3.63) is 246 Å². The molecule has 666 valence electrons. The summed E-state index contributed by atoms with van der Waals surface area (Å²) in [6.45, 7) is 14.9. The molecule has 0 bridgehead atoms. The molecule has 0 N–H and O–H groups in total. The van der Waals surface area contributed by atoms with Gasteiger partial charge in [-0.2, -0.15) is 98.3 Å². The van der Waals surface area contributed by atoms with E-state index in [9.17, 15) is 71.9 Å². The Morgan fingerprint density at radius 1 is 0.323 bits per heavy atom. The Labute approximate surface area is 717 Å². The van der Waals surface area contributed by atoms with E-state index in [-0.39, 0.29) is 88.4 Å². The molecule has 43 heteroatoms. The average Bonchev–Trinajstić information content (AvgIpc) is 1.76. The van der Waals surface area contributed by atoms with Gasteiger partial charge < -0.3 is 38.5 Å². The second kappa shape index (κ2) is 39.1. The highest BCUT2D eigenvalue weighted by molar-refractivity contribution is 5.99. The van der Waals surface area contributed by atoms with Gasteiger partial charge in [0.05, 0.1) is 107 Å². The molecule has 0 saturated carbocycles. The minimum Gasteiger partial charge on any atom is -0.472 e. The number of likely N-dealkylation sites (tertiary alicyclic amines) is 4. The van der Waals surface area contributed by atoms with Gasteiger partial charge in [0.15, 0.2) is 17.1 Å². The summed E-state index contributed by atoms with van der Waals surface area (Å²) in [5.41, 5.74) is 1.93. The number of benzene rings is 1. The molecule has 4 amide bonds. The highest BCUT2D eigenvalue weighted by atomic mass is 19.4. The number of aryl methyl sites for hydroxylation is 3. The van der Waals surface area contributed by atoms with Crippen LogP contribution in [-0.4, -0.2) is 213 Å². The quantitative estimate of drug-likeness (QED) is 0.0811. The second-order valence-corrected chi connectivity index (χ2v) is 30.0. The molecule has 15 heterocycles. The molecule has 0 spiro atoms. The molecule has 0 unspecified atom stereocenters. The van der Waals surface area contributed by atoms with Crippen LogP contribution < -0.4 is 18.9 Å². The Bertz CT molecular complexity index is 5510. The van der Waals surface area contributed by atoms with E-state index in [1.807, 2.05) is 34.6 Å². The first-order chi connectivity index (χ1) is 60.6. The van der Waals surface area contributed by atoms with Gasteiger partial charge in [-0.15, -0.1) is 14.4 Å². The van der Waals surface area contributed by atoms with Crippen LogP contribution in [0.25, 0.3) is 22.7 Å². The van der Waals surface area contributed by atoms with Gasteiger partial charge >= 0.3 is 24.7 Å². The van der Waals surface area contributed by atoms with Crippen molar-refractivity contribution in [2.45, 2.75) is 173 Å².